The molecule has 0 atom stereocenters. The zero-order chi connectivity index (χ0) is 18.5. The Morgan fingerprint density at radius 2 is 1.72 bits per heavy atom. The van der Waals surface area contributed by atoms with Crippen molar-refractivity contribution in [2.75, 3.05) is 5.32 Å². The van der Waals surface area contributed by atoms with Gasteiger partial charge in [-0.25, -0.2) is 0 Å². The molecular formula is C19H28NO4P. The summed E-state index contributed by atoms with van der Waals surface area (Å²) in [6.45, 7) is 1.86. The van der Waals surface area contributed by atoms with Crippen LogP contribution in [0.15, 0.2) is 24.3 Å². The quantitative estimate of drug-likeness (QED) is 0.307. The molecule has 0 heterocycles. The topological polar surface area (TPSA) is 86.6 Å². The summed E-state index contributed by atoms with van der Waals surface area (Å²) < 4.78 is 11.2. The van der Waals surface area contributed by atoms with Gasteiger partial charge in [-0.05, 0) is 31.4 Å². The van der Waals surface area contributed by atoms with E-state index in [9.17, 15) is 9.36 Å². The van der Waals surface area contributed by atoms with E-state index in [2.05, 4.69) is 17.2 Å². The number of nitrogens with one attached hydrogen (secondary N) is 1. The summed E-state index contributed by atoms with van der Waals surface area (Å²) in [4.78, 5) is 30.2. The molecule has 0 radical (unpaired) electrons. The lowest BCUT2D eigenvalue weighted by molar-refractivity contribution is -0.116. The van der Waals surface area contributed by atoms with Gasteiger partial charge < -0.3 is 15.1 Å². The van der Waals surface area contributed by atoms with Crippen molar-refractivity contribution in [2.24, 2.45) is 0 Å². The highest BCUT2D eigenvalue weighted by Crippen LogP contribution is 2.40. The zero-order valence-corrected chi connectivity index (χ0v) is 15.7. The van der Waals surface area contributed by atoms with Crippen LogP contribution in [0.5, 0.6) is 0 Å². The SMILES string of the molecule is CC#CCCCCCCCCC(=O)Nc1ccccc1CP(=O)(O)O. The fourth-order valence-corrected chi connectivity index (χ4v) is 3.27. The maximum atomic E-state index is 12.0. The molecule has 6 heteroatoms. The first kappa shape index (κ1) is 21.4. The van der Waals surface area contributed by atoms with Gasteiger partial charge in [-0.15, -0.1) is 11.8 Å². The predicted octanol–water partition coefficient (Wildman–Crippen LogP) is 4.45. The minimum atomic E-state index is -4.16. The van der Waals surface area contributed by atoms with Gasteiger partial charge in [-0.1, -0.05) is 43.9 Å². The second-order valence-corrected chi connectivity index (χ2v) is 7.72. The van der Waals surface area contributed by atoms with Crippen LogP contribution in [-0.2, 0) is 15.5 Å². The van der Waals surface area contributed by atoms with Gasteiger partial charge in [0.05, 0.1) is 6.16 Å². The van der Waals surface area contributed by atoms with Gasteiger partial charge in [0.15, 0.2) is 0 Å². The van der Waals surface area contributed by atoms with Gasteiger partial charge >= 0.3 is 7.60 Å². The predicted molar refractivity (Wildman–Crippen MR) is 101 cm³/mol. The molecule has 1 rings (SSSR count). The Hall–Kier alpha value is -1.60. The number of unbranched alkanes of at least 4 members (excludes halogenated alkanes) is 6. The molecule has 0 aliphatic heterocycles. The average molecular weight is 365 g/mol. The third-order valence-electron chi connectivity index (χ3n) is 3.80. The summed E-state index contributed by atoms with van der Waals surface area (Å²) >= 11 is 0. The highest BCUT2D eigenvalue weighted by Gasteiger charge is 2.17. The second-order valence-electron chi connectivity index (χ2n) is 6.08. The van der Waals surface area contributed by atoms with E-state index >= 15 is 0 Å². The van der Waals surface area contributed by atoms with Crippen LogP contribution >= 0.6 is 7.60 Å². The summed E-state index contributed by atoms with van der Waals surface area (Å²) in [5, 5.41) is 2.76. The molecule has 1 aromatic carbocycles. The van der Waals surface area contributed by atoms with Crippen LogP contribution in [-0.4, -0.2) is 15.7 Å². The Kier molecular flexibility index (Phi) is 10.2. The molecular weight excluding hydrogens is 337 g/mol. The van der Waals surface area contributed by atoms with Crippen LogP contribution < -0.4 is 5.32 Å². The number of rotatable bonds is 11. The minimum absolute atomic E-state index is 0.114. The maximum Gasteiger partial charge on any atom is 0.329 e. The van der Waals surface area contributed by atoms with E-state index in [4.69, 9.17) is 9.79 Å². The summed E-state index contributed by atoms with van der Waals surface area (Å²) in [5.41, 5.74) is 0.937. The van der Waals surface area contributed by atoms with Crippen LogP contribution in [0.25, 0.3) is 0 Å². The molecule has 138 valence electrons. The first-order chi connectivity index (χ1) is 11.9. The van der Waals surface area contributed by atoms with Gasteiger partial charge in [-0.2, -0.15) is 0 Å². The first-order valence-corrected chi connectivity index (χ1v) is 10.5. The van der Waals surface area contributed by atoms with E-state index in [0.717, 1.165) is 38.5 Å². The number of carbonyl (C=O) groups excluding carboxylic acids is 1. The van der Waals surface area contributed by atoms with Crippen LogP contribution in [0.3, 0.4) is 0 Å². The van der Waals surface area contributed by atoms with Crippen LogP contribution in [0.2, 0.25) is 0 Å². The van der Waals surface area contributed by atoms with Crippen molar-refractivity contribution in [1.82, 2.24) is 0 Å². The summed E-state index contributed by atoms with van der Waals surface area (Å²) in [6, 6.07) is 6.73. The van der Waals surface area contributed by atoms with Gasteiger partial charge in [0.2, 0.25) is 5.91 Å². The summed E-state index contributed by atoms with van der Waals surface area (Å²) in [5.74, 6) is 5.83. The number of hydrogen-bond donors (Lipinski definition) is 3. The highest BCUT2D eigenvalue weighted by molar-refractivity contribution is 7.50. The molecule has 3 N–H and O–H groups in total. The molecule has 0 aliphatic rings. The van der Waals surface area contributed by atoms with Crippen molar-refractivity contribution in [3.63, 3.8) is 0 Å². The van der Waals surface area contributed by atoms with E-state index < -0.39 is 7.60 Å². The molecule has 25 heavy (non-hydrogen) atoms. The number of para-hydroxylation sites is 1. The van der Waals surface area contributed by atoms with E-state index in [1.54, 1.807) is 24.3 Å². The first-order valence-electron chi connectivity index (χ1n) is 8.74. The standard InChI is InChI=1S/C19H28NO4P/c1-2-3-4-5-6-7-8-9-10-15-19(21)20-18-14-12-11-13-17(18)16-25(22,23)24/h11-14H,4-10,15-16H2,1H3,(H,20,21)(H2,22,23,24). The molecule has 0 saturated heterocycles. The number of hydrogen-bond acceptors (Lipinski definition) is 2. The Morgan fingerprint density at radius 3 is 2.40 bits per heavy atom. The lowest BCUT2D eigenvalue weighted by atomic mass is 10.1. The van der Waals surface area contributed by atoms with Crippen molar-refractivity contribution in [3.8, 4) is 11.8 Å². The zero-order valence-electron chi connectivity index (χ0n) is 14.8. The molecule has 5 nitrogen and oxygen atoms in total. The van der Waals surface area contributed by atoms with E-state index in [-0.39, 0.29) is 12.1 Å². The lowest BCUT2D eigenvalue weighted by Gasteiger charge is -2.11. The molecule has 0 bridgehead atoms. The smallest absolute Gasteiger partial charge is 0.326 e. The normalized spacial score (nSPS) is 10.8. The van der Waals surface area contributed by atoms with E-state index in [0.29, 0.717) is 17.7 Å². The molecule has 0 aliphatic carbocycles. The van der Waals surface area contributed by atoms with E-state index in [1.165, 1.54) is 6.42 Å². The van der Waals surface area contributed by atoms with Gasteiger partial charge in [-0.3, -0.25) is 9.36 Å². The number of amides is 1. The van der Waals surface area contributed by atoms with Gasteiger partial charge in [0, 0.05) is 18.5 Å². The van der Waals surface area contributed by atoms with Crippen LogP contribution in [0, 0.1) is 11.8 Å². The van der Waals surface area contributed by atoms with Crippen molar-refractivity contribution >= 4 is 19.2 Å². The van der Waals surface area contributed by atoms with Crippen LogP contribution in [0.1, 0.15) is 63.9 Å². The van der Waals surface area contributed by atoms with Gasteiger partial charge in [0.1, 0.15) is 0 Å². The Morgan fingerprint density at radius 1 is 1.08 bits per heavy atom. The fraction of sp³-hybridized carbons (Fsp3) is 0.526. The molecule has 0 fully saturated rings. The summed E-state index contributed by atoms with van der Waals surface area (Å²) in [7, 11) is -4.16. The Balaban J connectivity index is 2.26. The highest BCUT2D eigenvalue weighted by atomic mass is 31.2. The Bertz CT molecular complexity index is 642. The van der Waals surface area contributed by atoms with Crippen LogP contribution in [0.4, 0.5) is 5.69 Å². The molecule has 0 spiro atoms. The monoisotopic (exact) mass is 365 g/mol. The minimum Gasteiger partial charge on any atom is -0.326 e. The molecule has 1 amide bonds. The molecule has 1 aromatic rings. The summed E-state index contributed by atoms with van der Waals surface area (Å²) in [6.07, 6.45) is 7.44. The fourth-order valence-electron chi connectivity index (χ4n) is 2.55. The van der Waals surface area contributed by atoms with Crippen molar-refractivity contribution < 1.29 is 19.1 Å². The molecule has 0 aromatic heterocycles. The van der Waals surface area contributed by atoms with Crippen molar-refractivity contribution in [2.45, 2.75) is 64.5 Å². The number of anilines is 1. The largest absolute Gasteiger partial charge is 0.329 e. The third-order valence-corrected chi connectivity index (χ3v) is 4.55. The number of benzene rings is 1. The average Bonchev–Trinajstić information content (AvgIpc) is 2.54. The molecule has 0 saturated carbocycles. The third kappa shape index (κ3) is 10.8. The van der Waals surface area contributed by atoms with Crippen molar-refractivity contribution in [3.05, 3.63) is 29.8 Å². The lowest BCUT2D eigenvalue weighted by Crippen LogP contribution is -2.12. The Labute approximate surface area is 150 Å². The van der Waals surface area contributed by atoms with Crippen molar-refractivity contribution in [1.29, 1.82) is 0 Å². The van der Waals surface area contributed by atoms with Gasteiger partial charge in [0.25, 0.3) is 0 Å². The molecule has 0 unspecified atom stereocenters. The second kappa shape index (κ2) is 11.9. The van der Waals surface area contributed by atoms with E-state index in [1.807, 2.05) is 6.92 Å². The maximum absolute atomic E-state index is 12.0. The number of carbonyl (C=O) groups is 1.